The number of hydrogen-bond acceptors (Lipinski definition) is 4. The summed E-state index contributed by atoms with van der Waals surface area (Å²) in [7, 11) is 0. The maximum atomic E-state index is 11.8. The van der Waals surface area contributed by atoms with Gasteiger partial charge in [0.25, 0.3) is 5.91 Å². The first-order chi connectivity index (χ1) is 9.49. The topological polar surface area (TPSA) is 89.9 Å². The molecule has 0 aliphatic carbocycles. The first-order valence-electron chi connectivity index (χ1n) is 6.57. The second-order valence-corrected chi connectivity index (χ2v) is 4.28. The molecule has 0 bridgehead atoms. The number of hydrogen-bond donors (Lipinski definition) is 3. The highest BCUT2D eigenvalue weighted by Crippen LogP contribution is 2.24. The standard InChI is InChI=1S/C14H20N2O4/c1-3-16(4-2)13(19)7-8-15-14(20)10-5-6-11(17)12(18)9-10/h5-6,9,17-18H,3-4,7-8H2,1-2H3,(H,15,20). The Hall–Kier alpha value is -2.24. The lowest BCUT2D eigenvalue weighted by Crippen LogP contribution is -2.34. The summed E-state index contributed by atoms with van der Waals surface area (Å²) >= 11 is 0. The molecule has 1 aromatic carbocycles. The average molecular weight is 280 g/mol. The third-order valence-electron chi connectivity index (χ3n) is 2.98. The van der Waals surface area contributed by atoms with Gasteiger partial charge in [0.1, 0.15) is 0 Å². The van der Waals surface area contributed by atoms with Gasteiger partial charge in [-0.05, 0) is 32.0 Å². The summed E-state index contributed by atoms with van der Waals surface area (Å²) in [5.74, 6) is -1.04. The number of phenolic OH excluding ortho intramolecular Hbond substituents is 2. The Morgan fingerprint density at radius 3 is 2.35 bits per heavy atom. The Labute approximate surface area is 118 Å². The van der Waals surface area contributed by atoms with E-state index in [0.29, 0.717) is 13.1 Å². The van der Waals surface area contributed by atoms with Crippen molar-refractivity contribution in [1.82, 2.24) is 10.2 Å². The molecule has 0 spiro atoms. The molecule has 0 unspecified atom stereocenters. The summed E-state index contributed by atoms with van der Waals surface area (Å²) < 4.78 is 0. The van der Waals surface area contributed by atoms with Crippen LogP contribution < -0.4 is 5.32 Å². The molecule has 110 valence electrons. The Morgan fingerprint density at radius 2 is 1.80 bits per heavy atom. The van der Waals surface area contributed by atoms with Gasteiger partial charge in [0.15, 0.2) is 11.5 Å². The molecular formula is C14H20N2O4. The van der Waals surface area contributed by atoms with E-state index in [-0.39, 0.29) is 35.9 Å². The minimum Gasteiger partial charge on any atom is -0.504 e. The number of rotatable bonds is 6. The molecule has 1 aromatic rings. The molecule has 0 radical (unpaired) electrons. The van der Waals surface area contributed by atoms with Gasteiger partial charge in [-0.15, -0.1) is 0 Å². The van der Waals surface area contributed by atoms with Gasteiger partial charge in [0, 0.05) is 31.6 Å². The van der Waals surface area contributed by atoms with E-state index in [1.165, 1.54) is 18.2 Å². The molecule has 6 heteroatoms. The Morgan fingerprint density at radius 1 is 1.15 bits per heavy atom. The van der Waals surface area contributed by atoms with Gasteiger partial charge in [-0.1, -0.05) is 0 Å². The lowest BCUT2D eigenvalue weighted by Gasteiger charge is -2.18. The number of nitrogens with zero attached hydrogens (tertiary/aromatic N) is 1. The molecule has 0 fully saturated rings. The van der Waals surface area contributed by atoms with E-state index in [9.17, 15) is 14.7 Å². The monoisotopic (exact) mass is 280 g/mol. The van der Waals surface area contributed by atoms with Crippen molar-refractivity contribution < 1.29 is 19.8 Å². The summed E-state index contributed by atoms with van der Waals surface area (Å²) in [5.41, 5.74) is 0.232. The molecule has 3 N–H and O–H groups in total. The fourth-order valence-electron chi connectivity index (χ4n) is 1.78. The lowest BCUT2D eigenvalue weighted by atomic mass is 10.2. The van der Waals surface area contributed by atoms with Gasteiger partial charge in [-0.25, -0.2) is 0 Å². The number of carbonyl (C=O) groups excluding carboxylic acids is 2. The van der Waals surface area contributed by atoms with E-state index in [0.717, 1.165) is 0 Å². The molecule has 0 aromatic heterocycles. The van der Waals surface area contributed by atoms with E-state index >= 15 is 0 Å². The lowest BCUT2D eigenvalue weighted by molar-refractivity contribution is -0.130. The zero-order chi connectivity index (χ0) is 15.1. The van der Waals surface area contributed by atoms with Gasteiger partial charge in [0.2, 0.25) is 5.91 Å². The Balaban J connectivity index is 2.47. The maximum Gasteiger partial charge on any atom is 0.251 e. The van der Waals surface area contributed by atoms with Gasteiger partial charge >= 0.3 is 0 Å². The van der Waals surface area contributed by atoms with Crippen molar-refractivity contribution in [3.05, 3.63) is 23.8 Å². The molecule has 0 atom stereocenters. The Kier molecular flexibility index (Phi) is 5.83. The molecule has 6 nitrogen and oxygen atoms in total. The number of aromatic hydroxyl groups is 2. The first kappa shape index (κ1) is 15.8. The third-order valence-corrected chi connectivity index (χ3v) is 2.98. The normalized spacial score (nSPS) is 10.1. The Bertz CT molecular complexity index is 484. The molecule has 1 rings (SSSR count). The predicted molar refractivity (Wildman–Crippen MR) is 74.6 cm³/mol. The van der Waals surface area contributed by atoms with Crippen molar-refractivity contribution in [1.29, 1.82) is 0 Å². The molecule has 20 heavy (non-hydrogen) atoms. The molecular weight excluding hydrogens is 260 g/mol. The van der Waals surface area contributed by atoms with Crippen LogP contribution in [0.5, 0.6) is 11.5 Å². The van der Waals surface area contributed by atoms with E-state index in [1.807, 2.05) is 13.8 Å². The van der Waals surface area contributed by atoms with E-state index < -0.39 is 5.91 Å². The summed E-state index contributed by atoms with van der Waals surface area (Å²) in [4.78, 5) is 25.2. The van der Waals surface area contributed by atoms with Crippen LogP contribution >= 0.6 is 0 Å². The van der Waals surface area contributed by atoms with Gasteiger partial charge in [-0.3, -0.25) is 9.59 Å². The van der Waals surface area contributed by atoms with Crippen LogP contribution in [0.2, 0.25) is 0 Å². The van der Waals surface area contributed by atoms with Crippen molar-refractivity contribution >= 4 is 11.8 Å². The first-order valence-corrected chi connectivity index (χ1v) is 6.57. The smallest absolute Gasteiger partial charge is 0.251 e. The van der Waals surface area contributed by atoms with Crippen LogP contribution in [0.15, 0.2) is 18.2 Å². The summed E-state index contributed by atoms with van der Waals surface area (Å²) in [6.45, 7) is 5.33. The van der Waals surface area contributed by atoms with Crippen molar-refractivity contribution in [2.75, 3.05) is 19.6 Å². The minimum absolute atomic E-state index is 0.0103. The summed E-state index contributed by atoms with van der Waals surface area (Å²) in [6, 6.07) is 3.82. The van der Waals surface area contributed by atoms with E-state index in [2.05, 4.69) is 5.32 Å². The highest BCUT2D eigenvalue weighted by atomic mass is 16.3. The second kappa shape index (κ2) is 7.37. The quantitative estimate of drug-likeness (QED) is 0.680. The van der Waals surface area contributed by atoms with Crippen molar-refractivity contribution in [2.45, 2.75) is 20.3 Å². The maximum absolute atomic E-state index is 11.8. The largest absolute Gasteiger partial charge is 0.504 e. The van der Waals surface area contributed by atoms with Crippen molar-refractivity contribution in [3.8, 4) is 11.5 Å². The van der Waals surface area contributed by atoms with Crippen molar-refractivity contribution in [2.24, 2.45) is 0 Å². The highest BCUT2D eigenvalue weighted by Gasteiger charge is 2.11. The average Bonchev–Trinajstić information content (AvgIpc) is 2.43. The highest BCUT2D eigenvalue weighted by molar-refractivity contribution is 5.95. The predicted octanol–water partition coefficient (Wildman–Crippen LogP) is 1.09. The van der Waals surface area contributed by atoms with Crippen LogP contribution in [0.25, 0.3) is 0 Å². The van der Waals surface area contributed by atoms with Crippen LogP contribution in [0.1, 0.15) is 30.6 Å². The van der Waals surface area contributed by atoms with Gasteiger partial charge in [-0.2, -0.15) is 0 Å². The van der Waals surface area contributed by atoms with E-state index in [1.54, 1.807) is 4.90 Å². The number of phenols is 2. The number of benzene rings is 1. The molecule has 0 saturated heterocycles. The number of carbonyl (C=O) groups is 2. The molecule has 0 saturated carbocycles. The van der Waals surface area contributed by atoms with Crippen LogP contribution in [0, 0.1) is 0 Å². The molecule has 0 heterocycles. The minimum atomic E-state index is -0.396. The number of amides is 2. The summed E-state index contributed by atoms with van der Waals surface area (Å²) in [6.07, 6.45) is 0.234. The molecule has 0 aliphatic rings. The molecule has 2 amide bonds. The van der Waals surface area contributed by atoms with Crippen LogP contribution in [0.3, 0.4) is 0 Å². The number of nitrogens with one attached hydrogen (secondary N) is 1. The van der Waals surface area contributed by atoms with E-state index in [4.69, 9.17) is 5.11 Å². The molecule has 0 aliphatic heterocycles. The van der Waals surface area contributed by atoms with Crippen LogP contribution in [-0.2, 0) is 4.79 Å². The third kappa shape index (κ3) is 4.15. The zero-order valence-corrected chi connectivity index (χ0v) is 11.7. The van der Waals surface area contributed by atoms with Crippen molar-refractivity contribution in [3.63, 3.8) is 0 Å². The fourth-order valence-corrected chi connectivity index (χ4v) is 1.78. The van der Waals surface area contributed by atoms with Gasteiger partial charge in [0.05, 0.1) is 0 Å². The van der Waals surface area contributed by atoms with Crippen LogP contribution in [0.4, 0.5) is 0 Å². The van der Waals surface area contributed by atoms with Crippen LogP contribution in [-0.4, -0.2) is 46.6 Å². The SMILES string of the molecule is CCN(CC)C(=O)CCNC(=O)c1ccc(O)c(O)c1. The second-order valence-electron chi connectivity index (χ2n) is 4.28. The fraction of sp³-hybridized carbons (Fsp3) is 0.429. The van der Waals surface area contributed by atoms with Gasteiger partial charge < -0.3 is 20.4 Å². The zero-order valence-electron chi connectivity index (χ0n) is 11.7. The summed E-state index contributed by atoms with van der Waals surface area (Å²) in [5, 5.41) is 21.1.